The van der Waals surface area contributed by atoms with Crippen LogP contribution in [0, 0.1) is 0 Å². The molecule has 2 nitrogen and oxygen atoms in total. The van der Waals surface area contributed by atoms with E-state index in [1.54, 1.807) is 13.1 Å². The van der Waals surface area contributed by atoms with E-state index in [4.69, 9.17) is 0 Å². The van der Waals surface area contributed by atoms with Crippen LogP contribution >= 0.6 is 0 Å². The Labute approximate surface area is 84.0 Å². The van der Waals surface area contributed by atoms with Gasteiger partial charge in [0.1, 0.15) is 0 Å². The molecule has 1 heterocycles. The van der Waals surface area contributed by atoms with Gasteiger partial charge >= 0.3 is 0 Å². The predicted molar refractivity (Wildman–Crippen MR) is 57.2 cm³/mol. The summed E-state index contributed by atoms with van der Waals surface area (Å²) in [4.78, 5) is 14.3. The van der Waals surface area contributed by atoms with Crippen LogP contribution in [0.15, 0.2) is 18.3 Å². The highest BCUT2D eigenvalue weighted by Crippen LogP contribution is 2.26. The van der Waals surface area contributed by atoms with Gasteiger partial charge in [-0.3, -0.25) is 4.79 Å². The summed E-state index contributed by atoms with van der Waals surface area (Å²) in [5.74, 6) is 0.129. The largest absolute Gasteiger partial charge is 0.361 e. The average Bonchev–Trinajstić information content (AvgIpc) is 2.68. The topological polar surface area (TPSA) is 32.9 Å². The van der Waals surface area contributed by atoms with E-state index in [0.717, 1.165) is 17.7 Å². The Morgan fingerprint density at radius 3 is 2.86 bits per heavy atom. The number of allylic oxidation sites excluding steroid dienone is 2. The molecule has 0 bridgehead atoms. The van der Waals surface area contributed by atoms with Gasteiger partial charge in [0.25, 0.3) is 0 Å². The second kappa shape index (κ2) is 3.82. The molecule has 0 aliphatic heterocycles. The number of ketones is 1. The van der Waals surface area contributed by atoms with Gasteiger partial charge in [-0.25, -0.2) is 0 Å². The number of aromatic nitrogens is 1. The third-order valence-electron chi connectivity index (χ3n) is 2.73. The molecule has 1 aromatic rings. The summed E-state index contributed by atoms with van der Waals surface area (Å²) in [5, 5.41) is 0. The number of rotatable bonds is 2. The lowest BCUT2D eigenvalue weighted by Crippen LogP contribution is -1.91. The van der Waals surface area contributed by atoms with E-state index < -0.39 is 0 Å². The second-order valence-corrected chi connectivity index (χ2v) is 3.83. The Morgan fingerprint density at radius 2 is 2.29 bits per heavy atom. The predicted octanol–water partition coefficient (Wildman–Crippen LogP) is 3.17. The summed E-state index contributed by atoms with van der Waals surface area (Å²) in [6, 6.07) is 1.96. The molecule has 14 heavy (non-hydrogen) atoms. The number of Topliss-reactive ketones (excluding diaryl/α,β-unsaturated/α-hetero) is 1. The lowest BCUT2D eigenvalue weighted by atomic mass is 9.97. The Hall–Kier alpha value is -1.31. The highest BCUT2D eigenvalue weighted by atomic mass is 16.1. The lowest BCUT2D eigenvalue weighted by molar-refractivity contribution is 0.101. The van der Waals surface area contributed by atoms with E-state index in [9.17, 15) is 4.79 Å². The fourth-order valence-electron chi connectivity index (χ4n) is 1.87. The quantitative estimate of drug-likeness (QED) is 0.712. The van der Waals surface area contributed by atoms with Crippen LogP contribution in [0.3, 0.4) is 0 Å². The van der Waals surface area contributed by atoms with Crippen molar-refractivity contribution in [3.05, 3.63) is 29.6 Å². The number of aromatic amines is 1. The first-order valence-corrected chi connectivity index (χ1v) is 5.16. The fourth-order valence-corrected chi connectivity index (χ4v) is 1.87. The van der Waals surface area contributed by atoms with Crippen LogP contribution in [0.25, 0.3) is 5.57 Å². The minimum Gasteiger partial charge on any atom is -0.361 e. The maximum absolute atomic E-state index is 11.1. The second-order valence-electron chi connectivity index (χ2n) is 3.83. The number of hydrogen-bond acceptors (Lipinski definition) is 1. The Morgan fingerprint density at radius 1 is 1.43 bits per heavy atom. The highest BCUT2D eigenvalue weighted by molar-refractivity contribution is 5.94. The standard InChI is InChI=1S/C12H15NO/c1-9(14)11-7-12(13-8-11)10-5-3-2-4-6-10/h5,7-8,13H,2-4,6H2,1H3. The lowest BCUT2D eigenvalue weighted by Gasteiger charge is -2.10. The van der Waals surface area contributed by atoms with Gasteiger partial charge in [-0.1, -0.05) is 6.08 Å². The maximum Gasteiger partial charge on any atom is 0.161 e. The first-order valence-electron chi connectivity index (χ1n) is 5.16. The van der Waals surface area contributed by atoms with Gasteiger partial charge in [-0.05, 0) is 44.2 Å². The number of carbonyl (C=O) groups is 1. The molecule has 0 aromatic carbocycles. The summed E-state index contributed by atoms with van der Waals surface area (Å²) < 4.78 is 0. The van der Waals surface area contributed by atoms with Crippen molar-refractivity contribution in [2.24, 2.45) is 0 Å². The third kappa shape index (κ3) is 1.79. The van der Waals surface area contributed by atoms with E-state index in [-0.39, 0.29) is 5.78 Å². The van der Waals surface area contributed by atoms with Gasteiger partial charge in [0, 0.05) is 17.5 Å². The van der Waals surface area contributed by atoms with Crippen molar-refractivity contribution < 1.29 is 4.79 Å². The zero-order valence-electron chi connectivity index (χ0n) is 8.47. The van der Waals surface area contributed by atoms with Crippen molar-refractivity contribution >= 4 is 11.4 Å². The first-order chi connectivity index (χ1) is 6.77. The molecule has 0 fully saturated rings. The Balaban J connectivity index is 2.23. The third-order valence-corrected chi connectivity index (χ3v) is 2.73. The van der Waals surface area contributed by atoms with Crippen molar-refractivity contribution in [3.63, 3.8) is 0 Å². The van der Waals surface area contributed by atoms with Crippen LogP contribution in [-0.2, 0) is 0 Å². The van der Waals surface area contributed by atoms with Crippen LogP contribution in [0.5, 0.6) is 0 Å². The normalized spacial score (nSPS) is 16.5. The summed E-state index contributed by atoms with van der Waals surface area (Å²) in [5.41, 5.74) is 3.27. The van der Waals surface area contributed by atoms with Crippen molar-refractivity contribution in [2.75, 3.05) is 0 Å². The van der Waals surface area contributed by atoms with Crippen molar-refractivity contribution in [1.29, 1.82) is 0 Å². The molecule has 0 amide bonds. The molecular weight excluding hydrogens is 174 g/mol. The number of hydrogen-bond donors (Lipinski definition) is 1. The fraction of sp³-hybridized carbons (Fsp3) is 0.417. The molecule has 1 aromatic heterocycles. The average molecular weight is 189 g/mol. The van der Waals surface area contributed by atoms with Gasteiger partial charge in [0.2, 0.25) is 0 Å². The van der Waals surface area contributed by atoms with Crippen LogP contribution in [0.1, 0.15) is 48.7 Å². The van der Waals surface area contributed by atoms with E-state index in [0.29, 0.717) is 0 Å². The molecule has 0 radical (unpaired) electrons. The van der Waals surface area contributed by atoms with E-state index >= 15 is 0 Å². The number of nitrogens with one attached hydrogen (secondary N) is 1. The SMILES string of the molecule is CC(=O)c1c[nH]c(C2=CCCCC2)c1. The van der Waals surface area contributed by atoms with Gasteiger partial charge in [-0.15, -0.1) is 0 Å². The van der Waals surface area contributed by atoms with Crippen molar-refractivity contribution in [2.45, 2.75) is 32.6 Å². The van der Waals surface area contributed by atoms with Crippen LogP contribution in [-0.4, -0.2) is 10.8 Å². The van der Waals surface area contributed by atoms with Gasteiger partial charge in [0.15, 0.2) is 5.78 Å². The van der Waals surface area contributed by atoms with Crippen LogP contribution < -0.4 is 0 Å². The molecule has 1 aliphatic carbocycles. The Kier molecular flexibility index (Phi) is 2.53. The van der Waals surface area contributed by atoms with E-state index in [1.165, 1.54) is 24.8 Å². The molecule has 1 aliphatic rings. The molecule has 2 rings (SSSR count). The summed E-state index contributed by atoms with van der Waals surface area (Å²) >= 11 is 0. The number of H-pyrrole nitrogens is 1. The molecule has 0 atom stereocenters. The highest BCUT2D eigenvalue weighted by Gasteiger charge is 2.09. The van der Waals surface area contributed by atoms with Gasteiger partial charge < -0.3 is 4.98 Å². The van der Waals surface area contributed by atoms with E-state index in [1.807, 2.05) is 6.07 Å². The molecule has 0 saturated carbocycles. The zero-order chi connectivity index (χ0) is 9.97. The molecule has 74 valence electrons. The molecule has 1 N–H and O–H groups in total. The zero-order valence-corrected chi connectivity index (χ0v) is 8.47. The van der Waals surface area contributed by atoms with Crippen molar-refractivity contribution in [3.8, 4) is 0 Å². The van der Waals surface area contributed by atoms with Gasteiger partial charge in [0.05, 0.1) is 0 Å². The van der Waals surface area contributed by atoms with Crippen LogP contribution in [0.4, 0.5) is 0 Å². The van der Waals surface area contributed by atoms with Gasteiger partial charge in [-0.2, -0.15) is 0 Å². The minimum atomic E-state index is 0.129. The summed E-state index contributed by atoms with van der Waals surface area (Å²) in [7, 11) is 0. The minimum absolute atomic E-state index is 0.129. The first kappa shape index (κ1) is 9.25. The Bertz CT molecular complexity index is 373. The van der Waals surface area contributed by atoms with E-state index in [2.05, 4.69) is 11.1 Å². The molecule has 0 spiro atoms. The van der Waals surface area contributed by atoms with Crippen LogP contribution in [0.2, 0.25) is 0 Å². The molecule has 0 saturated heterocycles. The maximum atomic E-state index is 11.1. The monoisotopic (exact) mass is 189 g/mol. The number of carbonyl (C=O) groups excluding carboxylic acids is 1. The molecular formula is C12H15NO. The summed E-state index contributed by atoms with van der Waals surface area (Å²) in [6.07, 6.45) is 8.94. The molecule has 2 heteroatoms. The smallest absolute Gasteiger partial charge is 0.161 e. The van der Waals surface area contributed by atoms with Crippen molar-refractivity contribution in [1.82, 2.24) is 4.98 Å². The summed E-state index contributed by atoms with van der Waals surface area (Å²) in [6.45, 7) is 1.60. The molecule has 0 unspecified atom stereocenters.